The summed E-state index contributed by atoms with van der Waals surface area (Å²) in [6.07, 6.45) is 0. The van der Waals surface area contributed by atoms with E-state index in [1.165, 1.54) is 0 Å². The summed E-state index contributed by atoms with van der Waals surface area (Å²) in [4.78, 5) is 17.0. The summed E-state index contributed by atoms with van der Waals surface area (Å²) >= 11 is 0. The number of carbonyl (C=O) groups excluding carboxylic acids is 1. The number of aliphatic hydroxyl groups is 1. The average Bonchev–Trinajstić information content (AvgIpc) is 2.73. The van der Waals surface area contributed by atoms with Crippen LogP contribution in [0.1, 0.15) is 21.5 Å². The first kappa shape index (κ1) is 19.9. The van der Waals surface area contributed by atoms with Gasteiger partial charge in [-0.3, -0.25) is 4.79 Å². The summed E-state index contributed by atoms with van der Waals surface area (Å²) < 4.78 is 0. The topological polar surface area (TPSA) is 124 Å². The summed E-state index contributed by atoms with van der Waals surface area (Å²) in [5.74, 6) is 0.296. The fraction of sp³-hybridized carbons (Fsp3) is 0.136. The minimum Gasteiger partial charge on any atom is -0.397 e. The van der Waals surface area contributed by atoms with Crippen LogP contribution in [-0.2, 0) is 0 Å². The number of nitrogen functional groups attached to an aromatic ring is 1. The molecular formula is C22H21N5O2. The predicted octanol–water partition coefficient (Wildman–Crippen LogP) is 3.17. The van der Waals surface area contributed by atoms with E-state index in [1.807, 2.05) is 6.92 Å². The van der Waals surface area contributed by atoms with E-state index in [-0.39, 0.29) is 12.5 Å². The maximum Gasteiger partial charge on any atom is 0.255 e. The zero-order valence-electron chi connectivity index (χ0n) is 15.9. The summed E-state index contributed by atoms with van der Waals surface area (Å²) in [6, 6.07) is 17.9. The Hall–Kier alpha value is -3.89. The number of nitrogens with two attached hydrogens (primary N) is 1. The lowest BCUT2D eigenvalue weighted by Crippen LogP contribution is -2.13. The third-order valence-electron chi connectivity index (χ3n) is 4.38. The Bertz CT molecular complexity index is 1070. The summed E-state index contributed by atoms with van der Waals surface area (Å²) in [7, 11) is 0. The Labute approximate surface area is 168 Å². The van der Waals surface area contributed by atoms with Crippen molar-refractivity contribution in [2.75, 3.05) is 29.5 Å². The molecule has 2 aromatic carbocycles. The van der Waals surface area contributed by atoms with Crippen molar-refractivity contribution in [1.82, 2.24) is 4.98 Å². The van der Waals surface area contributed by atoms with Gasteiger partial charge in [-0.2, -0.15) is 5.26 Å². The van der Waals surface area contributed by atoms with Crippen LogP contribution in [0.5, 0.6) is 0 Å². The predicted molar refractivity (Wildman–Crippen MR) is 114 cm³/mol. The summed E-state index contributed by atoms with van der Waals surface area (Å²) in [5.41, 5.74) is 9.85. The van der Waals surface area contributed by atoms with Crippen LogP contribution in [0.3, 0.4) is 0 Å². The van der Waals surface area contributed by atoms with E-state index < -0.39 is 0 Å². The van der Waals surface area contributed by atoms with Gasteiger partial charge in [-0.05, 0) is 42.8 Å². The van der Waals surface area contributed by atoms with Gasteiger partial charge in [0.15, 0.2) is 0 Å². The minimum absolute atomic E-state index is 0.0220. The highest BCUT2D eigenvalue weighted by Crippen LogP contribution is 2.27. The number of amides is 1. The van der Waals surface area contributed by atoms with E-state index in [2.05, 4.69) is 21.7 Å². The number of anilines is 3. The second-order valence-corrected chi connectivity index (χ2v) is 6.43. The first-order valence-electron chi connectivity index (χ1n) is 9.06. The Balaban J connectivity index is 1.88. The van der Waals surface area contributed by atoms with Crippen LogP contribution < -0.4 is 16.4 Å². The lowest BCUT2D eigenvalue weighted by atomic mass is 10.0. The van der Waals surface area contributed by atoms with Gasteiger partial charge >= 0.3 is 0 Å². The van der Waals surface area contributed by atoms with Crippen molar-refractivity contribution in [3.05, 3.63) is 71.3 Å². The zero-order chi connectivity index (χ0) is 20.8. The molecule has 0 aliphatic heterocycles. The minimum atomic E-state index is -0.280. The second kappa shape index (κ2) is 8.87. The van der Waals surface area contributed by atoms with Crippen LogP contribution in [0.4, 0.5) is 17.2 Å². The van der Waals surface area contributed by atoms with E-state index >= 15 is 0 Å². The molecule has 5 N–H and O–H groups in total. The number of nitrogens with one attached hydrogen (secondary N) is 2. The first-order valence-corrected chi connectivity index (χ1v) is 9.06. The van der Waals surface area contributed by atoms with Crippen LogP contribution in [0, 0.1) is 18.3 Å². The molecule has 0 radical (unpaired) electrons. The monoisotopic (exact) mass is 387 g/mol. The van der Waals surface area contributed by atoms with Crippen LogP contribution in [0.2, 0.25) is 0 Å². The highest BCUT2D eigenvalue weighted by molar-refractivity contribution is 6.05. The maximum atomic E-state index is 12.5. The number of aryl methyl sites for hydroxylation is 1. The van der Waals surface area contributed by atoms with Gasteiger partial charge in [0.1, 0.15) is 11.9 Å². The lowest BCUT2D eigenvalue weighted by Gasteiger charge is -2.12. The van der Waals surface area contributed by atoms with Crippen molar-refractivity contribution in [3.63, 3.8) is 0 Å². The smallest absolute Gasteiger partial charge is 0.255 e. The molecular weight excluding hydrogens is 366 g/mol. The van der Waals surface area contributed by atoms with E-state index in [9.17, 15) is 10.1 Å². The standard InChI is InChI=1S/C22H21N5O2/c1-14-12-20(25-10-11-28)27-21(17(14)13-23)15-6-8-16(9-7-15)22(29)26-19-5-3-2-4-18(19)24/h2-9,12,28H,10-11,24H2,1H3,(H,25,27)(H,26,29). The van der Waals surface area contributed by atoms with Crippen molar-refractivity contribution in [1.29, 1.82) is 5.26 Å². The number of benzene rings is 2. The summed E-state index contributed by atoms with van der Waals surface area (Å²) in [6.45, 7) is 2.17. The molecule has 0 fully saturated rings. The third kappa shape index (κ3) is 4.51. The van der Waals surface area contributed by atoms with Gasteiger partial charge < -0.3 is 21.5 Å². The maximum absolute atomic E-state index is 12.5. The lowest BCUT2D eigenvalue weighted by molar-refractivity contribution is 0.102. The molecule has 1 aromatic heterocycles. The van der Waals surface area contributed by atoms with Crippen molar-refractivity contribution >= 4 is 23.1 Å². The van der Waals surface area contributed by atoms with Crippen molar-refractivity contribution in [3.8, 4) is 17.3 Å². The SMILES string of the molecule is Cc1cc(NCCO)nc(-c2ccc(C(=O)Nc3ccccc3N)cc2)c1C#N. The molecule has 146 valence electrons. The number of pyridine rings is 1. The molecule has 0 aliphatic carbocycles. The Kier molecular flexibility index (Phi) is 6.07. The highest BCUT2D eigenvalue weighted by atomic mass is 16.3. The van der Waals surface area contributed by atoms with Gasteiger partial charge in [0.25, 0.3) is 5.91 Å². The van der Waals surface area contributed by atoms with Gasteiger partial charge in [-0.1, -0.05) is 24.3 Å². The fourth-order valence-corrected chi connectivity index (χ4v) is 2.88. The molecule has 7 nitrogen and oxygen atoms in total. The number of hydrogen-bond acceptors (Lipinski definition) is 6. The molecule has 0 spiro atoms. The third-order valence-corrected chi connectivity index (χ3v) is 4.38. The molecule has 3 rings (SSSR count). The average molecular weight is 387 g/mol. The number of nitrogens with zero attached hydrogens (tertiary/aromatic N) is 2. The molecule has 3 aromatic rings. The van der Waals surface area contributed by atoms with Gasteiger partial charge in [-0.15, -0.1) is 0 Å². The van der Waals surface area contributed by atoms with Crippen molar-refractivity contribution in [2.45, 2.75) is 6.92 Å². The van der Waals surface area contributed by atoms with E-state index in [1.54, 1.807) is 54.6 Å². The van der Waals surface area contributed by atoms with Gasteiger partial charge in [0.2, 0.25) is 0 Å². The molecule has 7 heteroatoms. The normalized spacial score (nSPS) is 10.2. The number of para-hydroxylation sites is 2. The Morgan fingerprint density at radius 3 is 2.59 bits per heavy atom. The van der Waals surface area contributed by atoms with E-state index in [0.717, 1.165) is 5.56 Å². The van der Waals surface area contributed by atoms with Crippen LogP contribution in [0.25, 0.3) is 11.3 Å². The Morgan fingerprint density at radius 2 is 1.93 bits per heavy atom. The zero-order valence-corrected chi connectivity index (χ0v) is 15.9. The number of carbonyl (C=O) groups is 1. The molecule has 1 heterocycles. The number of rotatable bonds is 6. The quantitative estimate of drug-likeness (QED) is 0.482. The molecule has 0 saturated carbocycles. The molecule has 0 unspecified atom stereocenters. The number of aliphatic hydroxyl groups excluding tert-OH is 1. The number of hydrogen-bond donors (Lipinski definition) is 4. The second-order valence-electron chi connectivity index (χ2n) is 6.43. The largest absolute Gasteiger partial charge is 0.397 e. The Morgan fingerprint density at radius 1 is 1.21 bits per heavy atom. The molecule has 0 atom stereocenters. The van der Waals surface area contributed by atoms with Crippen LogP contribution >= 0.6 is 0 Å². The highest BCUT2D eigenvalue weighted by Gasteiger charge is 2.14. The number of nitriles is 1. The van der Waals surface area contributed by atoms with E-state index in [0.29, 0.717) is 46.1 Å². The summed E-state index contributed by atoms with van der Waals surface area (Å²) in [5, 5.41) is 24.3. The van der Waals surface area contributed by atoms with Gasteiger partial charge in [0.05, 0.1) is 29.2 Å². The molecule has 1 amide bonds. The fourth-order valence-electron chi connectivity index (χ4n) is 2.88. The number of aromatic nitrogens is 1. The molecule has 0 aliphatic rings. The van der Waals surface area contributed by atoms with Crippen molar-refractivity contribution < 1.29 is 9.90 Å². The first-order chi connectivity index (χ1) is 14.0. The van der Waals surface area contributed by atoms with Crippen LogP contribution in [0.15, 0.2) is 54.6 Å². The molecule has 29 heavy (non-hydrogen) atoms. The van der Waals surface area contributed by atoms with Gasteiger partial charge in [-0.25, -0.2) is 4.98 Å². The van der Waals surface area contributed by atoms with Crippen LogP contribution in [-0.4, -0.2) is 29.1 Å². The van der Waals surface area contributed by atoms with Gasteiger partial charge in [0, 0.05) is 17.7 Å². The van der Waals surface area contributed by atoms with Crippen molar-refractivity contribution in [2.24, 2.45) is 0 Å². The molecule has 0 saturated heterocycles. The molecule has 0 bridgehead atoms. The van der Waals surface area contributed by atoms with E-state index in [4.69, 9.17) is 10.8 Å².